The van der Waals surface area contributed by atoms with E-state index in [1.54, 1.807) is 6.92 Å². The van der Waals surface area contributed by atoms with E-state index in [9.17, 15) is 14.4 Å². The number of para-hydroxylation sites is 1. The van der Waals surface area contributed by atoms with Crippen LogP contribution in [-0.2, 0) is 35.0 Å². The normalized spacial score (nSPS) is 16.1. The van der Waals surface area contributed by atoms with Crippen LogP contribution in [0.15, 0.2) is 30.5 Å². The number of hydrogen-bond donors (Lipinski definition) is 3. The molecule has 1 unspecified atom stereocenters. The number of amides is 1. The minimum absolute atomic E-state index is 0.00851. The van der Waals surface area contributed by atoms with Gasteiger partial charge in [-0.05, 0) is 25.0 Å². The van der Waals surface area contributed by atoms with Crippen LogP contribution in [0.4, 0.5) is 0 Å². The first-order chi connectivity index (χ1) is 16.5. The number of nitrogens with two attached hydrogens (primary N) is 1. The SMILES string of the molecule is CCOC(=O)[C@H](N)CCC(=O)NC(Cc1c[nH]c2ccccc12)C(=O)OCCN1CCOCC1. The average molecular weight is 475 g/mol. The monoisotopic (exact) mass is 474 g/mol. The molecule has 0 spiro atoms. The molecule has 34 heavy (non-hydrogen) atoms. The van der Waals surface area contributed by atoms with Crippen LogP contribution in [0.25, 0.3) is 10.9 Å². The Labute approximate surface area is 199 Å². The van der Waals surface area contributed by atoms with Gasteiger partial charge in [0.1, 0.15) is 18.7 Å². The van der Waals surface area contributed by atoms with Crippen molar-refractivity contribution >= 4 is 28.7 Å². The molecular formula is C24H34N4O6. The molecule has 1 amide bonds. The zero-order valence-electron chi connectivity index (χ0n) is 19.6. The van der Waals surface area contributed by atoms with E-state index in [4.69, 9.17) is 19.9 Å². The van der Waals surface area contributed by atoms with Gasteiger partial charge in [-0.2, -0.15) is 0 Å². The lowest BCUT2D eigenvalue weighted by Gasteiger charge is -2.26. The number of aromatic nitrogens is 1. The summed E-state index contributed by atoms with van der Waals surface area (Å²) in [5.41, 5.74) is 7.63. The number of carbonyl (C=O) groups is 3. The van der Waals surface area contributed by atoms with Crippen molar-refractivity contribution < 1.29 is 28.6 Å². The van der Waals surface area contributed by atoms with E-state index in [-0.39, 0.29) is 38.4 Å². The molecule has 0 saturated carbocycles. The molecule has 1 aromatic heterocycles. The third kappa shape index (κ3) is 7.54. The minimum atomic E-state index is -0.891. The van der Waals surface area contributed by atoms with Crippen LogP contribution in [0, 0.1) is 0 Å². The molecular weight excluding hydrogens is 440 g/mol. The lowest BCUT2D eigenvalue weighted by atomic mass is 10.0. The van der Waals surface area contributed by atoms with E-state index in [0.29, 0.717) is 19.8 Å². The first kappa shape index (κ1) is 25.7. The number of nitrogens with one attached hydrogen (secondary N) is 2. The summed E-state index contributed by atoms with van der Waals surface area (Å²) in [5.74, 6) is -1.43. The molecule has 2 heterocycles. The summed E-state index contributed by atoms with van der Waals surface area (Å²) in [6.45, 7) is 5.69. The van der Waals surface area contributed by atoms with Crippen molar-refractivity contribution in [2.45, 2.75) is 38.3 Å². The molecule has 1 fully saturated rings. The van der Waals surface area contributed by atoms with Gasteiger partial charge in [-0.1, -0.05) is 18.2 Å². The van der Waals surface area contributed by atoms with Crippen molar-refractivity contribution in [2.75, 3.05) is 46.1 Å². The summed E-state index contributed by atoms with van der Waals surface area (Å²) in [7, 11) is 0. The third-order valence-electron chi connectivity index (χ3n) is 5.75. The summed E-state index contributed by atoms with van der Waals surface area (Å²) in [6.07, 6.45) is 2.22. The van der Waals surface area contributed by atoms with Gasteiger partial charge < -0.3 is 30.2 Å². The number of carbonyl (C=O) groups excluding carboxylic acids is 3. The Morgan fingerprint density at radius 3 is 2.71 bits per heavy atom. The highest BCUT2D eigenvalue weighted by atomic mass is 16.5. The summed E-state index contributed by atoms with van der Waals surface area (Å²) < 4.78 is 15.7. The number of H-pyrrole nitrogens is 1. The quantitative estimate of drug-likeness (QED) is 0.383. The number of nitrogens with zero attached hydrogens (tertiary/aromatic N) is 1. The molecule has 1 aliphatic rings. The fraction of sp³-hybridized carbons (Fsp3) is 0.542. The van der Waals surface area contributed by atoms with Gasteiger partial charge in [-0.3, -0.25) is 14.5 Å². The summed E-state index contributed by atoms with van der Waals surface area (Å²) in [4.78, 5) is 42.6. The molecule has 186 valence electrons. The predicted octanol–water partition coefficient (Wildman–Crippen LogP) is 0.741. The second kappa shape index (κ2) is 13.1. The smallest absolute Gasteiger partial charge is 0.329 e. The van der Waals surface area contributed by atoms with Crippen molar-refractivity contribution in [3.8, 4) is 0 Å². The van der Waals surface area contributed by atoms with Crippen molar-refractivity contribution in [2.24, 2.45) is 5.73 Å². The van der Waals surface area contributed by atoms with Crippen LogP contribution >= 0.6 is 0 Å². The van der Waals surface area contributed by atoms with Gasteiger partial charge >= 0.3 is 11.9 Å². The van der Waals surface area contributed by atoms with Gasteiger partial charge in [0.25, 0.3) is 0 Å². The average Bonchev–Trinajstić information content (AvgIpc) is 3.25. The van der Waals surface area contributed by atoms with Crippen molar-refractivity contribution in [3.63, 3.8) is 0 Å². The van der Waals surface area contributed by atoms with Crippen LogP contribution in [0.2, 0.25) is 0 Å². The Morgan fingerprint density at radius 1 is 1.18 bits per heavy atom. The number of rotatable bonds is 12. The van der Waals surface area contributed by atoms with Gasteiger partial charge in [0.05, 0.1) is 19.8 Å². The zero-order chi connectivity index (χ0) is 24.3. The number of aromatic amines is 1. The number of esters is 2. The molecule has 2 atom stereocenters. The second-order valence-corrected chi connectivity index (χ2v) is 8.20. The minimum Gasteiger partial charge on any atom is -0.465 e. The van der Waals surface area contributed by atoms with Gasteiger partial charge in [-0.25, -0.2) is 4.79 Å². The summed E-state index contributed by atoms with van der Waals surface area (Å²) in [5, 5.41) is 3.74. The first-order valence-electron chi connectivity index (χ1n) is 11.7. The highest BCUT2D eigenvalue weighted by Crippen LogP contribution is 2.19. The number of benzene rings is 1. The Bertz CT molecular complexity index is 956. The van der Waals surface area contributed by atoms with E-state index in [2.05, 4.69) is 15.2 Å². The Hall–Kier alpha value is -2.95. The van der Waals surface area contributed by atoms with Crippen molar-refractivity contribution in [1.29, 1.82) is 0 Å². The third-order valence-corrected chi connectivity index (χ3v) is 5.75. The lowest BCUT2D eigenvalue weighted by molar-refractivity contribution is -0.149. The highest BCUT2D eigenvalue weighted by molar-refractivity contribution is 5.87. The summed E-state index contributed by atoms with van der Waals surface area (Å²) in [6, 6.07) is 6.00. The first-order valence-corrected chi connectivity index (χ1v) is 11.7. The van der Waals surface area contributed by atoms with E-state index in [0.717, 1.165) is 29.6 Å². The van der Waals surface area contributed by atoms with Crippen molar-refractivity contribution in [3.05, 3.63) is 36.0 Å². The van der Waals surface area contributed by atoms with Crippen LogP contribution in [0.5, 0.6) is 0 Å². The lowest BCUT2D eigenvalue weighted by Crippen LogP contribution is -2.45. The second-order valence-electron chi connectivity index (χ2n) is 8.20. The summed E-state index contributed by atoms with van der Waals surface area (Å²) >= 11 is 0. The van der Waals surface area contributed by atoms with E-state index in [1.807, 2.05) is 30.5 Å². The molecule has 0 radical (unpaired) electrons. The van der Waals surface area contributed by atoms with Crippen LogP contribution in [0.3, 0.4) is 0 Å². The molecule has 2 aromatic rings. The molecule has 3 rings (SSSR count). The molecule has 1 saturated heterocycles. The fourth-order valence-electron chi connectivity index (χ4n) is 3.83. The van der Waals surface area contributed by atoms with Gasteiger partial charge in [0.2, 0.25) is 5.91 Å². The maximum Gasteiger partial charge on any atom is 0.329 e. The van der Waals surface area contributed by atoms with Crippen molar-refractivity contribution in [1.82, 2.24) is 15.2 Å². The molecule has 0 bridgehead atoms. The predicted molar refractivity (Wildman–Crippen MR) is 126 cm³/mol. The highest BCUT2D eigenvalue weighted by Gasteiger charge is 2.25. The molecule has 4 N–H and O–H groups in total. The molecule has 10 nitrogen and oxygen atoms in total. The maximum absolute atomic E-state index is 12.9. The Morgan fingerprint density at radius 2 is 1.94 bits per heavy atom. The Kier molecular flexibility index (Phi) is 9.87. The number of fused-ring (bicyclic) bond motifs is 1. The number of ether oxygens (including phenoxy) is 3. The van der Waals surface area contributed by atoms with Gasteiger partial charge in [-0.15, -0.1) is 0 Å². The zero-order valence-corrected chi connectivity index (χ0v) is 19.6. The van der Waals surface area contributed by atoms with E-state index < -0.39 is 24.0 Å². The molecule has 10 heteroatoms. The van der Waals surface area contributed by atoms with Crippen LogP contribution in [-0.4, -0.2) is 85.9 Å². The van der Waals surface area contributed by atoms with Gasteiger partial charge in [0, 0.05) is 49.6 Å². The Balaban J connectivity index is 1.60. The molecule has 0 aliphatic carbocycles. The number of hydrogen-bond acceptors (Lipinski definition) is 8. The van der Waals surface area contributed by atoms with Gasteiger partial charge in [0.15, 0.2) is 0 Å². The largest absolute Gasteiger partial charge is 0.465 e. The standard InChI is InChI=1S/C24H34N4O6/c1-2-33-23(30)19(25)7-8-22(29)27-21(15-17-16-26-20-6-4-3-5-18(17)20)24(31)34-14-11-28-9-12-32-13-10-28/h3-6,16,19,21,26H,2,7-15,25H2,1H3,(H,27,29)/t19-,21?/m1/s1. The van der Waals surface area contributed by atoms with E-state index in [1.165, 1.54) is 0 Å². The topological polar surface area (TPSA) is 136 Å². The van der Waals surface area contributed by atoms with Crippen LogP contribution in [0.1, 0.15) is 25.3 Å². The molecule has 1 aliphatic heterocycles. The fourth-order valence-corrected chi connectivity index (χ4v) is 3.83. The molecule has 1 aromatic carbocycles. The van der Waals surface area contributed by atoms with Crippen LogP contribution < -0.4 is 11.1 Å². The number of morpholine rings is 1. The van der Waals surface area contributed by atoms with E-state index >= 15 is 0 Å². The maximum atomic E-state index is 12.9.